The zero-order valence-corrected chi connectivity index (χ0v) is 13.0. The monoisotopic (exact) mass is 303 g/mol. The van der Waals surface area contributed by atoms with E-state index in [9.17, 15) is 4.39 Å². The van der Waals surface area contributed by atoms with E-state index in [1.54, 1.807) is 11.3 Å². The number of nitrogens with two attached hydrogens (primary N) is 1. The first kappa shape index (κ1) is 14.2. The Morgan fingerprint density at radius 3 is 2.62 bits per heavy atom. The number of benzene rings is 1. The number of rotatable bonds is 4. The Morgan fingerprint density at radius 1 is 1.29 bits per heavy atom. The first-order chi connectivity index (χ1) is 10.2. The van der Waals surface area contributed by atoms with E-state index in [-0.39, 0.29) is 5.82 Å². The second kappa shape index (κ2) is 5.58. The number of hydrogen-bond acceptors (Lipinski definition) is 3. The van der Waals surface area contributed by atoms with Gasteiger partial charge in [-0.25, -0.2) is 9.37 Å². The third-order valence-electron chi connectivity index (χ3n) is 3.66. The summed E-state index contributed by atoms with van der Waals surface area (Å²) in [6, 6.07) is 6.67. The number of aromatic nitrogens is 2. The van der Waals surface area contributed by atoms with Crippen molar-refractivity contribution in [3.63, 3.8) is 0 Å². The molecule has 0 aliphatic carbocycles. The number of imidazole rings is 1. The molecular weight excluding hydrogens is 285 g/mol. The molecule has 0 unspecified atom stereocenters. The molecule has 0 radical (unpaired) electrons. The molecular formula is C16H18FN3S. The molecule has 5 heteroatoms. The molecule has 0 fully saturated rings. The van der Waals surface area contributed by atoms with E-state index in [1.165, 1.54) is 17.0 Å². The van der Waals surface area contributed by atoms with Crippen LogP contribution < -0.4 is 5.73 Å². The number of thiazole rings is 1. The van der Waals surface area contributed by atoms with Crippen LogP contribution in [0.15, 0.2) is 24.3 Å². The normalized spacial score (nSPS) is 11.4. The van der Waals surface area contributed by atoms with Crippen LogP contribution in [0, 0.1) is 12.7 Å². The molecule has 0 amide bonds. The number of hydrogen-bond donors (Lipinski definition) is 1. The van der Waals surface area contributed by atoms with Crippen molar-refractivity contribution in [3.05, 3.63) is 46.3 Å². The van der Waals surface area contributed by atoms with Crippen molar-refractivity contribution in [2.24, 2.45) is 5.73 Å². The first-order valence-corrected chi connectivity index (χ1v) is 7.93. The second-order valence-electron chi connectivity index (χ2n) is 5.03. The SMILES string of the molecule is CCc1sc2nc(C)c(CCN)n2c1-c1ccc(F)cc1. The summed E-state index contributed by atoms with van der Waals surface area (Å²) in [4.78, 5) is 6.91. The van der Waals surface area contributed by atoms with E-state index in [2.05, 4.69) is 16.3 Å². The minimum atomic E-state index is -0.215. The molecule has 1 aromatic carbocycles. The van der Waals surface area contributed by atoms with Crippen LogP contribution in [0.3, 0.4) is 0 Å². The van der Waals surface area contributed by atoms with Crippen molar-refractivity contribution < 1.29 is 4.39 Å². The van der Waals surface area contributed by atoms with E-state index in [0.29, 0.717) is 6.54 Å². The van der Waals surface area contributed by atoms with Gasteiger partial charge in [-0.05, 0) is 49.7 Å². The highest BCUT2D eigenvalue weighted by molar-refractivity contribution is 7.17. The number of aryl methyl sites for hydroxylation is 2. The maximum atomic E-state index is 13.2. The summed E-state index contributed by atoms with van der Waals surface area (Å²) in [5, 5.41) is 0. The minimum absolute atomic E-state index is 0.215. The van der Waals surface area contributed by atoms with Gasteiger partial charge in [-0.15, -0.1) is 11.3 Å². The fourth-order valence-electron chi connectivity index (χ4n) is 2.68. The smallest absolute Gasteiger partial charge is 0.194 e. The fourth-order valence-corrected chi connectivity index (χ4v) is 3.83. The molecule has 0 bridgehead atoms. The number of fused-ring (bicyclic) bond motifs is 1. The van der Waals surface area contributed by atoms with Crippen LogP contribution in [0.2, 0.25) is 0 Å². The number of nitrogens with zero attached hydrogens (tertiary/aromatic N) is 2. The molecule has 2 heterocycles. The molecule has 2 aromatic heterocycles. The first-order valence-electron chi connectivity index (χ1n) is 7.11. The van der Waals surface area contributed by atoms with Gasteiger partial charge < -0.3 is 5.73 Å². The maximum Gasteiger partial charge on any atom is 0.194 e. The molecule has 21 heavy (non-hydrogen) atoms. The Bertz CT molecular complexity index is 771. The molecule has 110 valence electrons. The lowest BCUT2D eigenvalue weighted by molar-refractivity contribution is 0.628. The van der Waals surface area contributed by atoms with Crippen LogP contribution in [0.1, 0.15) is 23.2 Å². The maximum absolute atomic E-state index is 13.2. The summed E-state index contributed by atoms with van der Waals surface area (Å²) in [6.07, 6.45) is 1.73. The lowest BCUT2D eigenvalue weighted by Crippen LogP contribution is -2.07. The molecule has 0 aliphatic rings. The van der Waals surface area contributed by atoms with Gasteiger partial charge in [0.05, 0.1) is 11.4 Å². The van der Waals surface area contributed by atoms with E-state index in [0.717, 1.165) is 40.4 Å². The Hall–Kier alpha value is -1.72. The highest BCUT2D eigenvalue weighted by Crippen LogP contribution is 2.34. The zero-order valence-electron chi connectivity index (χ0n) is 12.2. The van der Waals surface area contributed by atoms with Crippen molar-refractivity contribution in [2.45, 2.75) is 26.7 Å². The molecule has 0 atom stereocenters. The lowest BCUT2D eigenvalue weighted by Gasteiger charge is -2.07. The van der Waals surface area contributed by atoms with Crippen molar-refractivity contribution in [1.82, 2.24) is 9.38 Å². The standard InChI is InChI=1S/C16H18FN3S/c1-3-14-15(11-4-6-12(17)7-5-11)20-13(8-9-18)10(2)19-16(20)21-14/h4-7H,3,8-9,18H2,1-2H3. The van der Waals surface area contributed by atoms with Crippen molar-refractivity contribution >= 4 is 16.3 Å². The van der Waals surface area contributed by atoms with E-state index in [4.69, 9.17) is 5.73 Å². The van der Waals surface area contributed by atoms with Crippen molar-refractivity contribution in [1.29, 1.82) is 0 Å². The van der Waals surface area contributed by atoms with Gasteiger partial charge in [-0.3, -0.25) is 4.40 Å². The molecule has 3 aromatic rings. The van der Waals surface area contributed by atoms with Gasteiger partial charge in [0, 0.05) is 17.0 Å². The highest BCUT2D eigenvalue weighted by Gasteiger charge is 2.19. The molecule has 2 N–H and O–H groups in total. The average Bonchev–Trinajstić information content (AvgIpc) is 2.97. The predicted octanol–water partition coefficient (Wildman–Crippen LogP) is 3.57. The van der Waals surface area contributed by atoms with Gasteiger partial charge in [-0.2, -0.15) is 0 Å². The van der Waals surface area contributed by atoms with Gasteiger partial charge in [0.1, 0.15) is 5.82 Å². The van der Waals surface area contributed by atoms with Gasteiger partial charge in [-0.1, -0.05) is 6.92 Å². The van der Waals surface area contributed by atoms with Crippen LogP contribution in [0.25, 0.3) is 16.2 Å². The van der Waals surface area contributed by atoms with E-state index in [1.807, 2.05) is 19.1 Å². The Labute approximate surface area is 127 Å². The summed E-state index contributed by atoms with van der Waals surface area (Å²) in [5.41, 5.74) is 10.1. The lowest BCUT2D eigenvalue weighted by atomic mass is 10.1. The van der Waals surface area contributed by atoms with Crippen LogP contribution in [0.5, 0.6) is 0 Å². The van der Waals surface area contributed by atoms with Crippen LogP contribution in [-0.4, -0.2) is 15.9 Å². The largest absolute Gasteiger partial charge is 0.330 e. The average molecular weight is 303 g/mol. The van der Waals surface area contributed by atoms with Crippen LogP contribution in [0.4, 0.5) is 4.39 Å². The van der Waals surface area contributed by atoms with E-state index >= 15 is 0 Å². The predicted molar refractivity (Wildman–Crippen MR) is 85.3 cm³/mol. The summed E-state index contributed by atoms with van der Waals surface area (Å²) in [6.45, 7) is 4.74. The van der Waals surface area contributed by atoms with Gasteiger partial charge >= 0.3 is 0 Å². The van der Waals surface area contributed by atoms with Gasteiger partial charge in [0.25, 0.3) is 0 Å². The summed E-state index contributed by atoms with van der Waals surface area (Å²) < 4.78 is 15.4. The molecule has 3 rings (SSSR count). The van der Waals surface area contributed by atoms with Crippen LogP contribution >= 0.6 is 11.3 Å². The summed E-state index contributed by atoms with van der Waals surface area (Å²) >= 11 is 1.70. The summed E-state index contributed by atoms with van der Waals surface area (Å²) in [7, 11) is 0. The Kier molecular flexibility index (Phi) is 3.78. The Morgan fingerprint density at radius 2 is 2.00 bits per heavy atom. The van der Waals surface area contributed by atoms with Gasteiger partial charge in [0.15, 0.2) is 4.96 Å². The second-order valence-corrected chi connectivity index (χ2v) is 6.10. The van der Waals surface area contributed by atoms with E-state index < -0.39 is 0 Å². The highest BCUT2D eigenvalue weighted by atomic mass is 32.1. The zero-order chi connectivity index (χ0) is 15.0. The minimum Gasteiger partial charge on any atom is -0.330 e. The number of halogens is 1. The fraction of sp³-hybridized carbons (Fsp3) is 0.312. The Balaban J connectivity index is 2.29. The third-order valence-corrected chi connectivity index (χ3v) is 4.85. The van der Waals surface area contributed by atoms with Crippen molar-refractivity contribution in [2.75, 3.05) is 6.54 Å². The topological polar surface area (TPSA) is 43.3 Å². The van der Waals surface area contributed by atoms with Gasteiger partial charge in [0.2, 0.25) is 0 Å². The third kappa shape index (κ3) is 2.36. The quantitative estimate of drug-likeness (QED) is 0.800. The van der Waals surface area contributed by atoms with Crippen molar-refractivity contribution in [3.8, 4) is 11.3 Å². The van der Waals surface area contributed by atoms with Crippen LogP contribution in [-0.2, 0) is 12.8 Å². The molecule has 0 spiro atoms. The molecule has 3 nitrogen and oxygen atoms in total. The molecule has 0 saturated heterocycles. The molecule has 0 saturated carbocycles. The summed E-state index contributed by atoms with van der Waals surface area (Å²) in [5.74, 6) is -0.215. The molecule has 0 aliphatic heterocycles.